The standard InChI is InChI=1S/C8H7ClF2N2O2S2/c9-8(11)7(10)6-4(16(12)14)2-1-3-5(6)17(13)15/h1-3H,12-13H2. The maximum atomic E-state index is 13.5. The predicted octanol–water partition coefficient (Wildman–Crippen LogP) is 1.45. The molecule has 17 heavy (non-hydrogen) atoms. The van der Waals surface area contributed by atoms with Crippen LogP contribution in [0.5, 0.6) is 0 Å². The molecular formula is C8H7ClF2N2O2S2. The lowest BCUT2D eigenvalue weighted by Crippen LogP contribution is -2.11. The Morgan fingerprint density at radius 1 is 1.12 bits per heavy atom. The molecule has 0 aliphatic rings. The number of halogens is 3. The molecule has 0 amide bonds. The number of rotatable bonds is 3. The lowest BCUT2D eigenvalue weighted by molar-refractivity contribution is 0.645. The molecule has 0 aromatic heterocycles. The third-order valence-electron chi connectivity index (χ3n) is 1.81. The normalized spacial score (nSPS) is 16.3. The summed E-state index contributed by atoms with van der Waals surface area (Å²) in [6.45, 7) is 0. The summed E-state index contributed by atoms with van der Waals surface area (Å²) in [4.78, 5) is -0.482. The molecule has 0 fully saturated rings. The molecule has 0 heterocycles. The van der Waals surface area contributed by atoms with Gasteiger partial charge in [-0.2, -0.15) is 4.39 Å². The Morgan fingerprint density at radius 3 is 1.82 bits per heavy atom. The van der Waals surface area contributed by atoms with Gasteiger partial charge in [-0.1, -0.05) is 6.07 Å². The summed E-state index contributed by atoms with van der Waals surface area (Å²) in [6.07, 6.45) is 0. The molecule has 1 aromatic carbocycles. The summed E-state index contributed by atoms with van der Waals surface area (Å²) in [6, 6.07) is 3.71. The van der Waals surface area contributed by atoms with Gasteiger partial charge in [0.2, 0.25) is 5.29 Å². The van der Waals surface area contributed by atoms with Gasteiger partial charge < -0.3 is 0 Å². The second-order valence-corrected chi connectivity index (χ2v) is 5.20. The van der Waals surface area contributed by atoms with Crippen molar-refractivity contribution in [2.24, 2.45) is 10.3 Å². The van der Waals surface area contributed by atoms with Crippen LogP contribution in [0.2, 0.25) is 0 Å². The first-order valence-corrected chi connectivity index (χ1v) is 6.83. The molecule has 0 radical (unpaired) electrons. The van der Waals surface area contributed by atoms with E-state index in [4.69, 9.17) is 21.9 Å². The van der Waals surface area contributed by atoms with E-state index in [0.29, 0.717) is 0 Å². The topological polar surface area (TPSA) is 86.2 Å². The summed E-state index contributed by atoms with van der Waals surface area (Å²) in [5.74, 6) is -1.50. The van der Waals surface area contributed by atoms with Crippen molar-refractivity contribution < 1.29 is 17.2 Å². The molecule has 2 atom stereocenters. The van der Waals surface area contributed by atoms with Crippen molar-refractivity contribution in [2.45, 2.75) is 9.79 Å². The zero-order valence-electron chi connectivity index (χ0n) is 8.15. The van der Waals surface area contributed by atoms with E-state index in [0.717, 1.165) is 0 Å². The van der Waals surface area contributed by atoms with Crippen molar-refractivity contribution >= 4 is 39.4 Å². The molecule has 0 saturated carbocycles. The molecule has 0 spiro atoms. The summed E-state index contributed by atoms with van der Waals surface area (Å²) in [5, 5.41) is 8.54. The highest BCUT2D eigenvalue weighted by atomic mass is 35.5. The third-order valence-corrected chi connectivity index (χ3v) is 3.52. The van der Waals surface area contributed by atoms with Crippen molar-refractivity contribution in [1.82, 2.24) is 0 Å². The molecule has 94 valence electrons. The number of benzene rings is 1. The molecule has 0 aliphatic carbocycles. The molecule has 0 saturated heterocycles. The Balaban J connectivity index is 3.68. The van der Waals surface area contributed by atoms with Crippen LogP contribution >= 0.6 is 11.6 Å². The molecule has 2 unspecified atom stereocenters. The molecule has 1 rings (SSSR count). The molecule has 0 bridgehead atoms. The van der Waals surface area contributed by atoms with Gasteiger partial charge in [0.05, 0.1) is 9.79 Å². The minimum absolute atomic E-state index is 0.241. The summed E-state index contributed by atoms with van der Waals surface area (Å²) < 4.78 is 48.5. The van der Waals surface area contributed by atoms with Gasteiger partial charge in [0.25, 0.3) is 0 Å². The monoisotopic (exact) mass is 300 g/mol. The van der Waals surface area contributed by atoms with E-state index in [1.54, 1.807) is 0 Å². The van der Waals surface area contributed by atoms with Gasteiger partial charge in [0.15, 0.2) is 5.83 Å². The average molecular weight is 301 g/mol. The molecule has 1 aromatic rings. The fraction of sp³-hybridized carbons (Fsp3) is 0. The van der Waals surface area contributed by atoms with Crippen LogP contribution in [0.15, 0.2) is 33.3 Å². The van der Waals surface area contributed by atoms with Crippen LogP contribution < -0.4 is 10.3 Å². The molecule has 4 nitrogen and oxygen atoms in total. The number of nitrogens with two attached hydrogens (primary N) is 2. The number of hydrogen-bond acceptors (Lipinski definition) is 2. The van der Waals surface area contributed by atoms with Crippen LogP contribution in [0.4, 0.5) is 8.78 Å². The van der Waals surface area contributed by atoms with Crippen molar-refractivity contribution in [1.29, 1.82) is 0 Å². The van der Waals surface area contributed by atoms with E-state index in [-0.39, 0.29) is 9.79 Å². The van der Waals surface area contributed by atoms with Crippen LogP contribution in [0.3, 0.4) is 0 Å². The van der Waals surface area contributed by atoms with E-state index in [9.17, 15) is 17.2 Å². The molecule has 9 heteroatoms. The predicted molar refractivity (Wildman–Crippen MR) is 62.6 cm³/mol. The van der Waals surface area contributed by atoms with Crippen LogP contribution in [0, 0.1) is 0 Å². The first-order chi connectivity index (χ1) is 7.86. The third kappa shape index (κ3) is 3.17. The van der Waals surface area contributed by atoms with Crippen molar-refractivity contribution in [2.75, 3.05) is 0 Å². The Bertz CT molecular complexity index is 500. The van der Waals surface area contributed by atoms with Gasteiger partial charge >= 0.3 is 0 Å². The van der Waals surface area contributed by atoms with E-state index in [1.165, 1.54) is 18.2 Å². The quantitative estimate of drug-likeness (QED) is 0.885. The van der Waals surface area contributed by atoms with Gasteiger partial charge in [0, 0.05) is 5.56 Å². The molecular weight excluding hydrogens is 294 g/mol. The Morgan fingerprint density at radius 2 is 1.53 bits per heavy atom. The van der Waals surface area contributed by atoms with Crippen molar-refractivity contribution in [3.63, 3.8) is 0 Å². The van der Waals surface area contributed by atoms with E-state index in [1.807, 2.05) is 0 Å². The second-order valence-electron chi connectivity index (χ2n) is 2.80. The highest BCUT2D eigenvalue weighted by molar-refractivity contribution is 7.83. The minimum atomic E-state index is -2.09. The average Bonchev–Trinajstić information content (AvgIpc) is 2.26. The van der Waals surface area contributed by atoms with E-state index in [2.05, 4.69) is 0 Å². The van der Waals surface area contributed by atoms with Crippen LogP contribution in [0.1, 0.15) is 5.56 Å². The van der Waals surface area contributed by atoms with Gasteiger partial charge in [-0.05, 0) is 23.7 Å². The largest absolute Gasteiger partial charge is 0.248 e. The first-order valence-electron chi connectivity index (χ1n) is 4.02. The summed E-state index contributed by atoms with van der Waals surface area (Å²) >= 11 is 4.87. The smallest absolute Gasteiger partial charge is 0.225 e. The van der Waals surface area contributed by atoms with Gasteiger partial charge in [0.1, 0.15) is 22.0 Å². The van der Waals surface area contributed by atoms with Crippen LogP contribution in [-0.2, 0) is 22.0 Å². The molecule has 4 N–H and O–H groups in total. The van der Waals surface area contributed by atoms with E-state index < -0.39 is 38.6 Å². The lowest BCUT2D eigenvalue weighted by Gasteiger charge is -2.09. The Labute approximate surface area is 106 Å². The molecule has 0 aliphatic heterocycles. The second kappa shape index (κ2) is 5.78. The number of hydrogen-bond donors (Lipinski definition) is 2. The zero-order chi connectivity index (χ0) is 13.2. The Kier molecular flexibility index (Phi) is 4.90. The fourth-order valence-corrected chi connectivity index (χ4v) is 2.54. The minimum Gasteiger partial charge on any atom is -0.248 e. The van der Waals surface area contributed by atoms with Crippen molar-refractivity contribution in [3.05, 3.63) is 29.0 Å². The van der Waals surface area contributed by atoms with E-state index >= 15 is 0 Å². The SMILES string of the molecule is NS(=O)c1cccc(S(N)=O)c1C(F)=C(F)Cl. The van der Waals surface area contributed by atoms with Crippen LogP contribution in [-0.4, -0.2) is 8.42 Å². The van der Waals surface area contributed by atoms with Gasteiger partial charge in [-0.3, -0.25) is 0 Å². The van der Waals surface area contributed by atoms with Gasteiger partial charge in [-0.25, -0.2) is 23.1 Å². The van der Waals surface area contributed by atoms with Gasteiger partial charge in [-0.15, -0.1) is 0 Å². The summed E-state index contributed by atoms with van der Waals surface area (Å²) in [7, 11) is -4.19. The first kappa shape index (κ1) is 14.4. The zero-order valence-corrected chi connectivity index (χ0v) is 10.5. The lowest BCUT2D eigenvalue weighted by atomic mass is 10.2. The van der Waals surface area contributed by atoms with Crippen molar-refractivity contribution in [3.8, 4) is 0 Å². The van der Waals surface area contributed by atoms with Crippen LogP contribution in [0.25, 0.3) is 5.83 Å². The highest BCUT2D eigenvalue weighted by Crippen LogP contribution is 2.31. The fourth-order valence-electron chi connectivity index (χ4n) is 1.16. The Hall–Kier alpha value is -0.670. The highest BCUT2D eigenvalue weighted by Gasteiger charge is 2.21. The maximum Gasteiger partial charge on any atom is 0.225 e. The maximum absolute atomic E-state index is 13.5. The summed E-state index contributed by atoms with van der Waals surface area (Å²) in [5.41, 5.74) is -0.540.